The number of halogens is 2. The summed E-state index contributed by atoms with van der Waals surface area (Å²) in [4.78, 5) is 0. The maximum absolute atomic E-state index is 6.34. The van der Waals surface area contributed by atoms with E-state index in [0.29, 0.717) is 16.0 Å². The van der Waals surface area contributed by atoms with Crippen molar-refractivity contribution in [3.63, 3.8) is 0 Å². The fourth-order valence-corrected chi connectivity index (χ4v) is 4.85. The minimum absolute atomic E-state index is 0.303. The van der Waals surface area contributed by atoms with E-state index in [1.165, 1.54) is 19.3 Å². The Labute approximate surface area is 101 Å². The van der Waals surface area contributed by atoms with E-state index < -0.39 is 0 Å². The van der Waals surface area contributed by atoms with Gasteiger partial charge in [0.15, 0.2) is 0 Å². The van der Waals surface area contributed by atoms with Gasteiger partial charge in [-0.1, -0.05) is 13.3 Å². The highest BCUT2D eigenvalue weighted by Crippen LogP contribution is 2.44. The van der Waals surface area contributed by atoms with Gasteiger partial charge < -0.3 is 0 Å². The van der Waals surface area contributed by atoms with Gasteiger partial charge in [0.1, 0.15) is 0 Å². The fraction of sp³-hybridized carbons (Fsp3) is 1.00. The van der Waals surface area contributed by atoms with Crippen LogP contribution in [0.3, 0.4) is 0 Å². The Morgan fingerprint density at radius 2 is 1.64 bits per heavy atom. The van der Waals surface area contributed by atoms with E-state index in [1.54, 1.807) is 0 Å². The van der Waals surface area contributed by atoms with Crippen LogP contribution in [-0.4, -0.2) is 21.3 Å². The second-order valence-corrected chi connectivity index (χ2v) is 7.29. The Bertz CT molecular complexity index is 184. The molecule has 0 aromatic carbocycles. The van der Waals surface area contributed by atoms with Crippen LogP contribution in [0, 0.1) is 5.92 Å². The molecule has 14 heavy (non-hydrogen) atoms. The summed E-state index contributed by atoms with van der Waals surface area (Å²) in [6, 6.07) is 0. The lowest BCUT2D eigenvalue weighted by molar-refractivity contribution is 0.527. The molecule has 0 N–H and O–H groups in total. The van der Waals surface area contributed by atoms with E-state index in [2.05, 4.69) is 6.92 Å². The molecule has 3 heteroatoms. The van der Waals surface area contributed by atoms with Crippen molar-refractivity contribution in [1.82, 2.24) is 0 Å². The predicted octanol–water partition coefficient (Wildman–Crippen LogP) is 4.29. The minimum atomic E-state index is 0.303. The highest BCUT2D eigenvalue weighted by atomic mass is 35.5. The summed E-state index contributed by atoms with van der Waals surface area (Å²) in [5.41, 5.74) is 0. The van der Waals surface area contributed by atoms with E-state index in [1.807, 2.05) is 11.8 Å². The molecule has 0 radical (unpaired) electrons. The van der Waals surface area contributed by atoms with E-state index in [-0.39, 0.29) is 0 Å². The number of thioether (sulfide) groups is 1. The molecule has 2 rings (SSSR count). The molecular formula is C11H18Cl2S. The zero-order valence-electron chi connectivity index (χ0n) is 8.59. The Balaban J connectivity index is 1.86. The highest BCUT2D eigenvalue weighted by Gasteiger charge is 2.36. The molecule has 0 nitrogen and oxygen atoms in total. The average Bonchev–Trinajstić information content (AvgIpc) is 2.94. The summed E-state index contributed by atoms with van der Waals surface area (Å²) in [6.07, 6.45) is 6.35. The lowest BCUT2D eigenvalue weighted by atomic mass is 9.99. The third-order valence-electron chi connectivity index (χ3n) is 3.33. The molecule has 0 saturated heterocycles. The smallest absolute Gasteiger partial charge is 0.0469 e. The lowest BCUT2D eigenvalue weighted by Crippen LogP contribution is -2.34. The van der Waals surface area contributed by atoms with Gasteiger partial charge in [-0.3, -0.25) is 0 Å². The fourth-order valence-electron chi connectivity index (χ4n) is 2.16. The van der Waals surface area contributed by atoms with Crippen molar-refractivity contribution in [2.75, 3.05) is 0 Å². The van der Waals surface area contributed by atoms with Gasteiger partial charge in [0.05, 0.1) is 0 Å². The van der Waals surface area contributed by atoms with Gasteiger partial charge in [-0.15, -0.1) is 23.2 Å². The Morgan fingerprint density at radius 1 is 1.07 bits per heavy atom. The first kappa shape index (κ1) is 11.4. The molecule has 3 unspecified atom stereocenters. The van der Waals surface area contributed by atoms with Gasteiger partial charge in [0, 0.05) is 21.3 Å². The van der Waals surface area contributed by atoms with Gasteiger partial charge in [0.2, 0.25) is 0 Å². The van der Waals surface area contributed by atoms with Crippen molar-refractivity contribution in [3.8, 4) is 0 Å². The minimum Gasteiger partial charge on any atom is -0.152 e. The summed E-state index contributed by atoms with van der Waals surface area (Å²) in [5, 5.41) is 1.86. The molecule has 0 aliphatic heterocycles. The van der Waals surface area contributed by atoms with Gasteiger partial charge in [-0.05, 0) is 31.6 Å². The van der Waals surface area contributed by atoms with Crippen molar-refractivity contribution in [3.05, 3.63) is 0 Å². The van der Waals surface area contributed by atoms with Crippen LogP contribution in [0.25, 0.3) is 0 Å². The van der Waals surface area contributed by atoms with Gasteiger partial charge >= 0.3 is 0 Å². The molecule has 2 aliphatic rings. The molecule has 3 atom stereocenters. The maximum Gasteiger partial charge on any atom is 0.0469 e. The zero-order chi connectivity index (χ0) is 10.1. The molecule has 2 fully saturated rings. The third-order valence-corrected chi connectivity index (χ3v) is 6.39. The van der Waals surface area contributed by atoms with Crippen LogP contribution >= 0.6 is 35.0 Å². The maximum atomic E-state index is 6.34. The number of hydrogen-bond acceptors (Lipinski definition) is 1. The normalized spacial score (nSPS) is 40.9. The van der Waals surface area contributed by atoms with Crippen molar-refractivity contribution >= 4 is 35.0 Å². The van der Waals surface area contributed by atoms with E-state index in [0.717, 1.165) is 24.0 Å². The molecule has 2 aliphatic carbocycles. The summed E-state index contributed by atoms with van der Waals surface area (Å²) in [5.74, 6) is 0.953. The second-order valence-electron chi connectivity index (χ2n) is 4.61. The molecule has 0 bridgehead atoms. The summed E-state index contributed by atoms with van der Waals surface area (Å²) >= 11 is 14.7. The molecule has 2 saturated carbocycles. The van der Waals surface area contributed by atoms with Crippen molar-refractivity contribution in [2.45, 2.75) is 60.3 Å². The quantitative estimate of drug-likeness (QED) is 0.676. The van der Waals surface area contributed by atoms with Gasteiger partial charge in [-0.2, -0.15) is 11.8 Å². The van der Waals surface area contributed by atoms with Crippen LogP contribution in [0.1, 0.15) is 39.0 Å². The molecule has 0 spiro atoms. The van der Waals surface area contributed by atoms with Crippen LogP contribution in [0.2, 0.25) is 0 Å². The van der Waals surface area contributed by atoms with Crippen LogP contribution in [0.4, 0.5) is 0 Å². The number of hydrogen-bond donors (Lipinski definition) is 0. The van der Waals surface area contributed by atoms with Crippen molar-refractivity contribution < 1.29 is 0 Å². The highest BCUT2D eigenvalue weighted by molar-refractivity contribution is 8.00. The van der Waals surface area contributed by atoms with E-state index in [9.17, 15) is 0 Å². The topological polar surface area (TPSA) is 0 Å². The molecule has 0 aromatic heterocycles. The molecular weight excluding hydrogens is 235 g/mol. The Kier molecular flexibility index (Phi) is 3.95. The lowest BCUT2D eigenvalue weighted by Gasteiger charge is -2.32. The summed E-state index contributed by atoms with van der Waals surface area (Å²) < 4.78 is 0. The van der Waals surface area contributed by atoms with Crippen LogP contribution in [0.5, 0.6) is 0 Å². The summed E-state index contributed by atoms with van der Waals surface area (Å²) in [6.45, 7) is 2.34. The van der Waals surface area contributed by atoms with Gasteiger partial charge in [-0.25, -0.2) is 0 Å². The Morgan fingerprint density at radius 3 is 2.14 bits per heavy atom. The molecule has 0 heterocycles. The van der Waals surface area contributed by atoms with Crippen LogP contribution < -0.4 is 0 Å². The number of rotatable bonds is 3. The zero-order valence-corrected chi connectivity index (χ0v) is 10.9. The predicted molar refractivity (Wildman–Crippen MR) is 66.7 cm³/mol. The van der Waals surface area contributed by atoms with Crippen LogP contribution in [-0.2, 0) is 0 Å². The number of alkyl halides is 2. The van der Waals surface area contributed by atoms with Crippen molar-refractivity contribution in [1.29, 1.82) is 0 Å². The monoisotopic (exact) mass is 252 g/mol. The van der Waals surface area contributed by atoms with Crippen LogP contribution in [0.15, 0.2) is 0 Å². The second kappa shape index (κ2) is 4.84. The standard InChI is InChI=1S/C11H18Cl2S/c1-7(8-5-6-8)14-11-9(12)3-2-4-10(11)13/h7-11H,2-6H2,1H3. The first-order valence-electron chi connectivity index (χ1n) is 5.62. The van der Waals surface area contributed by atoms with E-state index in [4.69, 9.17) is 23.2 Å². The average molecular weight is 253 g/mol. The SMILES string of the molecule is CC(SC1C(Cl)CCCC1Cl)C1CC1. The molecule has 0 amide bonds. The van der Waals surface area contributed by atoms with Crippen molar-refractivity contribution in [2.24, 2.45) is 5.92 Å². The van der Waals surface area contributed by atoms with E-state index >= 15 is 0 Å². The first-order valence-corrected chi connectivity index (χ1v) is 7.43. The van der Waals surface area contributed by atoms with Gasteiger partial charge in [0.25, 0.3) is 0 Å². The molecule has 0 aromatic rings. The first-order chi connectivity index (χ1) is 6.68. The Hall–Kier alpha value is 0.930. The largest absolute Gasteiger partial charge is 0.152 e. The molecule has 82 valence electrons. The third kappa shape index (κ3) is 2.74. The summed E-state index contributed by atoms with van der Waals surface area (Å²) in [7, 11) is 0.